The second kappa shape index (κ2) is 9.45. The minimum absolute atomic E-state index is 0. The average molecular weight is 413 g/mol. The molecule has 0 aliphatic carbocycles. The molecule has 2 aromatic rings. The van der Waals surface area contributed by atoms with Crippen molar-refractivity contribution in [3.05, 3.63) is 54.1 Å². The van der Waals surface area contributed by atoms with Crippen LogP contribution >= 0.6 is 24.0 Å². The van der Waals surface area contributed by atoms with E-state index in [1.165, 1.54) is 11.3 Å². The molecule has 0 amide bonds. The number of aliphatic imine (C=N–C) groups is 1. The van der Waals surface area contributed by atoms with Crippen LogP contribution in [0.2, 0.25) is 0 Å². The first-order valence-corrected chi connectivity index (χ1v) is 7.11. The highest BCUT2D eigenvalue weighted by Crippen LogP contribution is 2.03. The van der Waals surface area contributed by atoms with Crippen LogP contribution in [0.25, 0.3) is 0 Å². The van der Waals surface area contributed by atoms with Crippen LogP contribution < -0.4 is 5.32 Å². The van der Waals surface area contributed by atoms with Crippen LogP contribution in [-0.4, -0.2) is 41.1 Å². The van der Waals surface area contributed by atoms with E-state index in [4.69, 9.17) is 0 Å². The lowest BCUT2D eigenvalue weighted by molar-refractivity contribution is 0.462. The fraction of sp³-hybridized carbons (Fsp3) is 0.375. The van der Waals surface area contributed by atoms with Crippen molar-refractivity contribution >= 4 is 29.9 Å². The van der Waals surface area contributed by atoms with Crippen LogP contribution in [0, 0.1) is 0 Å². The zero-order valence-corrected chi connectivity index (χ0v) is 15.7. The van der Waals surface area contributed by atoms with Gasteiger partial charge in [0, 0.05) is 52.0 Å². The second-order valence-corrected chi connectivity index (χ2v) is 5.05. The molecule has 0 radical (unpaired) electrons. The van der Waals surface area contributed by atoms with Gasteiger partial charge in [-0.05, 0) is 30.2 Å². The molecule has 0 aromatic carbocycles. The van der Waals surface area contributed by atoms with E-state index in [1.54, 1.807) is 6.20 Å². The smallest absolute Gasteiger partial charge is 0.193 e. The molecule has 120 valence electrons. The summed E-state index contributed by atoms with van der Waals surface area (Å²) >= 11 is 0. The third-order valence-electron chi connectivity index (χ3n) is 3.44. The number of rotatable bonds is 5. The summed E-state index contributed by atoms with van der Waals surface area (Å²) in [6.07, 6.45) is 6.69. The number of aryl methyl sites for hydroxylation is 1. The highest BCUT2D eigenvalue weighted by Gasteiger charge is 2.07. The van der Waals surface area contributed by atoms with Crippen molar-refractivity contribution in [2.75, 3.05) is 20.6 Å². The highest BCUT2D eigenvalue weighted by atomic mass is 127. The monoisotopic (exact) mass is 413 g/mol. The lowest BCUT2D eigenvalue weighted by Gasteiger charge is -2.22. The molecule has 22 heavy (non-hydrogen) atoms. The van der Waals surface area contributed by atoms with Gasteiger partial charge in [0.2, 0.25) is 0 Å². The van der Waals surface area contributed by atoms with E-state index in [0.717, 1.165) is 25.5 Å². The van der Waals surface area contributed by atoms with E-state index in [-0.39, 0.29) is 24.0 Å². The van der Waals surface area contributed by atoms with E-state index in [1.807, 2.05) is 26.4 Å². The summed E-state index contributed by atoms with van der Waals surface area (Å²) in [5.74, 6) is 0.903. The van der Waals surface area contributed by atoms with Gasteiger partial charge in [-0.15, -0.1) is 24.0 Å². The zero-order valence-electron chi connectivity index (χ0n) is 13.4. The van der Waals surface area contributed by atoms with Crippen molar-refractivity contribution in [3.8, 4) is 0 Å². The maximum absolute atomic E-state index is 4.34. The maximum atomic E-state index is 4.34. The van der Waals surface area contributed by atoms with Gasteiger partial charge < -0.3 is 14.8 Å². The van der Waals surface area contributed by atoms with Gasteiger partial charge in [-0.1, -0.05) is 6.07 Å². The summed E-state index contributed by atoms with van der Waals surface area (Å²) in [6, 6.07) is 8.23. The Hall–Kier alpha value is -1.57. The van der Waals surface area contributed by atoms with E-state index < -0.39 is 0 Å². The van der Waals surface area contributed by atoms with Crippen LogP contribution in [0.5, 0.6) is 0 Å². The topological polar surface area (TPSA) is 45.5 Å². The number of halogens is 1. The van der Waals surface area contributed by atoms with Gasteiger partial charge in [0.15, 0.2) is 5.96 Å². The van der Waals surface area contributed by atoms with Crippen LogP contribution in [0.4, 0.5) is 0 Å². The molecule has 0 aliphatic heterocycles. The third kappa shape index (κ3) is 5.32. The summed E-state index contributed by atoms with van der Waals surface area (Å²) < 4.78 is 2.12. The van der Waals surface area contributed by atoms with E-state index in [2.05, 4.69) is 56.2 Å². The Morgan fingerprint density at radius 3 is 2.77 bits per heavy atom. The van der Waals surface area contributed by atoms with Gasteiger partial charge in [0.25, 0.3) is 0 Å². The normalized spacial score (nSPS) is 11.0. The molecule has 0 saturated carbocycles. The summed E-state index contributed by atoms with van der Waals surface area (Å²) in [6.45, 7) is 1.67. The Kier molecular flexibility index (Phi) is 7.94. The van der Waals surface area contributed by atoms with E-state index in [0.29, 0.717) is 0 Å². The van der Waals surface area contributed by atoms with Gasteiger partial charge in [-0.25, -0.2) is 0 Å². The van der Waals surface area contributed by atoms with Crippen molar-refractivity contribution in [2.24, 2.45) is 12.0 Å². The second-order valence-electron chi connectivity index (χ2n) is 5.05. The molecule has 0 saturated heterocycles. The lowest BCUT2D eigenvalue weighted by atomic mass is 10.2. The molecule has 6 heteroatoms. The van der Waals surface area contributed by atoms with Gasteiger partial charge in [-0.2, -0.15) is 0 Å². The Morgan fingerprint density at radius 1 is 1.36 bits per heavy atom. The van der Waals surface area contributed by atoms with Crippen LogP contribution in [-0.2, 0) is 20.0 Å². The first-order valence-electron chi connectivity index (χ1n) is 7.11. The molecular formula is C16H24IN5. The van der Waals surface area contributed by atoms with Gasteiger partial charge >= 0.3 is 0 Å². The quantitative estimate of drug-likeness (QED) is 0.465. The fourth-order valence-corrected chi connectivity index (χ4v) is 2.23. The summed E-state index contributed by atoms with van der Waals surface area (Å²) in [5.41, 5.74) is 2.48. The SMILES string of the molecule is CN=C(NCCc1cccnc1)N(C)Cc1cccn1C.I. The molecule has 0 aliphatic rings. The molecule has 0 bridgehead atoms. The zero-order chi connectivity index (χ0) is 15.1. The number of nitrogens with one attached hydrogen (secondary N) is 1. The summed E-state index contributed by atoms with van der Waals surface area (Å²) in [5, 5.41) is 3.39. The summed E-state index contributed by atoms with van der Waals surface area (Å²) in [7, 11) is 5.92. The fourth-order valence-electron chi connectivity index (χ4n) is 2.23. The third-order valence-corrected chi connectivity index (χ3v) is 3.44. The summed E-state index contributed by atoms with van der Waals surface area (Å²) in [4.78, 5) is 10.6. The van der Waals surface area contributed by atoms with Crippen LogP contribution in [0.3, 0.4) is 0 Å². The molecule has 2 heterocycles. The minimum Gasteiger partial charge on any atom is -0.356 e. The molecule has 2 rings (SSSR count). The van der Waals surface area contributed by atoms with E-state index >= 15 is 0 Å². The molecule has 0 fully saturated rings. The number of guanidine groups is 1. The Morgan fingerprint density at radius 2 is 2.18 bits per heavy atom. The largest absolute Gasteiger partial charge is 0.356 e. The number of hydrogen-bond donors (Lipinski definition) is 1. The van der Waals surface area contributed by atoms with E-state index in [9.17, 15) is 0 Å². The number of aromatic nitrogens is 2. The number of hydrogen-bond acceptors (Lipinski definition) is 2. The molecule has 0 atom stereocenters. The average Bonchev–Trinajstić information content (AvgIpc) is 2.90. The van der Waals surface area contributed by atoms with Crippen molar-refractivity contribution < 1.29 is 0 Å². The van der Waals surface area contributed by atoms with Gasteiger partial charge in [0.05, 0.1) is 6.54 Å². The molecule has 2 aromatic heterocycles. The lowest BCUT2D eigenvalue weighted by Crippen LogP contribution is -2.39. The van der Waals surface area contributed by atoms with Crippen LogP contribution in [0.1, 0.15) is 11.3 Å². The van der Waals surface area contributed by atoms with Gasteiger partial charge in [0.1, 0.15) is 0 Å². The molecular weight excluding hydrogens is 389 g/mol. The van der Waals surface area contributed by atoms with Crippen molar-refractivity contribution in [2.45, 2.75) is 13.0 Å². The van der Waals surface area contributed by atoms with Crippen molar-refractivity contribution in [1.29, 1.82) is 0 Å². The first-order chi connectivity index (χ1) is 10.2. The number of nitrogens with zero attached hydrogens (tertiary/aromatic N) is 4. The Labute approximate surface area is 149 Å². The highest BCUT2D eigenvalue weighted by molar-refractivity contribution is 14.0. The first kappa shape index (κ1) is 18.5. The van der Waals surface area contributed by atoms with Crippen molar-refractivity contribution in [3.63, 3.8) is 0 Å². The standard InChI is InChI=1S/C16H23N5.HI/c1-17-16(19-10-8-14-6-4-9-18-12-14)21(3)13-15-7-5-11-20(15)2;/h4-7,9,11-12H,8,10,13H2,1-3H3,(H,17,19);1H. The molecule has 5 nitrogen and oxygen atoms in total. The Bertz CT molecular complexity index is 579. The van der Waals surface area contributed by atoms with Gasteiger partial charge in [-0.3, -0.25) is 9.98 Å². The molecule has 0 spiro atoms. The predicted octanol–water partition coefficient (Wildman–Crippen LogP) is 2.29. The molecule has 0 unspecified atom stereocenters. The minimum atomic E-state index is 0. The Balaban J connectivity index is 0.00000242. The molecule has 1 N–H and O–H groups in total. The van der Waals surface area contributed by atoms with Crippen molar-refractivity contribution in [1.82, 2.24) is 19.8 Å². The number of pyridine rings is 1. The maximum Gasteiger partial charge on any atom is 0.193 e. The van der Waals surface area contributed by atoms with Crippen LogP contribution in [0.15, 0.2) is 47.8 Å². The predicted molar refractivity (Wildman–Crippen MR) is 102 cm³/mol.